The zero-order valence-electron chi connectivity index (χ0n) is 17.6. The van der Waals surface area contributed by atoms with Gasteiger partial charge in [0.1, 0.15) is 0 Å². The normalized spacial score (nSPS) is 12.1. The Balaban J connectivity index is 1.90. The zero-order chi connectivity index (χ0) is 23.9. The van der Waals surface area contributed by atoms with Crippen LogP contribution in [0.25, 0.3) is 0 Å². The fraction of sp³-hybridized carbons (Fsp3) is 0.300. The molecule has 0 aromatic heterocycles. The Morgan fingerprint density at radius 2 is 1.69 bits per heavy atom. The van der Waals surface area contributed by atoms with Gasteiger partial charge in [0.2, 0.25) is 10.0 Å². The fourth-order valence-corrected chi connectivity index (χ4v) is 3.74. The van der Waals surface area contributed by atoms with Gasteiger partial charge in [-0.1, -0.05) is 12.1 Å². The van der Waals surface area contributed by atoms with Crippen molar-refractivity contribution in [1.82, 2.24) is 4.72 Å². The lowest BCUT2D eigenvalue weighted by Crippen LogP contribution is -2.32. The first-order valence-corrected chi connectivity index (χ1v) is 11.0. The number of amides is 1. The van der Waals surface area contributed by atoms with Crippen molar-refractivity contribution in [1.29, 1.82) is 0 Å². The van der Waals surface area contributed by atoms with Crippen LogP contribution in [0.15, 0.2) is 53.4 Å². The Labute approximate surface area is 184 Å². The van der Waals surface area contributed by atoms with E-state index in [-0.39, 0.29) is 22.4 Å². The summed E-state index contributed by atoms with van der Waals surface area (Å²) < 4.78 is 36.8. The number of nitrogens with zero attached hydrogens (tertiary/aromatic N) is 1. The van der Waals surface area contributed by atoms with Gasteiger partial charge in [0, 0.05) is 17.8 Å². The lowest BCUT2D eigenvalue weighted by atomic mass is 10.3. The highest BCUT2D eigenvalue weighted by Gasteiger charge is 2.21. The molecule has 0 saturated heterocycles. The number of hydrogen-bond acceptors (Lipinski definition) is 8. The Hall–Kier alpha value is -3.51. The topological polar surface area (TPSA) is 154 Å². The second-order valence-electron chi connectivity index (χ2n) is 6.94. The highest BCUT2D eigenvalue weighted by atomic mass is 32.2. The lowest BCUT2D eigenvalue weighted by molar-refractivity contribution is -0.385. The monoisotopic (exact) mass is 465 g/mol. The van der Waals surface area contributed by atoms with Gasteiger partial charge < -0.3 is 14.8 Å². The Kier molecular flexibility index (Phi) is 8.27. The molecule has 0 radical (unpaired) electrons. The maximum absolute atomic E-state index is 12.2. The highest BCUT2D eigenvalue weighted by Crippen LogP contribution is 2.25. The van der Waals surface area contributed by atoms with Gasteiger partial charge >= 0.3 is 11.7 Å². The summed E-state index contributed by atoms with van der Waals surface area (Å²) in [5.41, 5.74) is -0.00213. The highest BCUT2D eigenvalue weighted by molar-refractivity contribution is 7.89. The Morgan fingerprint density at radius 3 is 2.28 bits per heavy atom. The number of hydrogen-bond donors (Lipinski definition) is 2. The van der Waals surface area contributed by atoms with Crippen LogP contribution in [0.4, 0.5) is 11.4 Å². The molecule has 172 valence electrons. The summed E-state index contributed by atoms with van der Waals surface area (Å²) in [5, 5.41) is 13.5. The second kappa shape index (κ2) is 10.7. The van der Waals surface area contributed by atoms with Crippen LogP contribution < -0.4 is 14.8 Å². The molecule has 1 unspecified atom stereocenters. The maximum Gasteiger partial charge on any atom is 0.344 e. The molecule has 11 nitrogen and oxygen atoms in total. The third kappa shape index (κ3) is 7.03. The van der Waals surface area contributed by atoms with Crippen molar-refractivity contribution in [2.24, 2.45) is 0 Å². The molecular formula is C20H23N3O8S. The average molecular weight is 465 g/mol. The van der Waals surface area contributed by atoms with Gasteiger partial charge in [-0.25, -0.2) is 17.9 Å². The Morgan fingerprint density at radius 1 is 1.06 bits per heavy atom. The van der Waals surface area contributed by atoms with E-state index in [1.807, 2.05) is 0 Å². The summed E-state index contributed by atoms with van der Waals surface area (Å²) >= 11 is 0. The number of esters is 1. The number of nitrogens with one attached hydrogen (secondary N) is 2. The minimum absolute atomic E-state index is 0.0378. The first-order valence-electron chi connectivity index (χ1n) is 9.48. The first kappa shape index (κ1) is 24.8. The van der Waals surface area contributed by atoms with Crippen LogP contribution in [0.5, 0.6) is 5.75 Å². The fourth-order valence-electron chi connectivity index (χ4n) is 2.49. The summed E-state index contributed by atoms with van der Waals surface area (Å²) in [4.78, 5) is 34.5. The van der Waals surface area contributed by atoms with Crippen LogP contribution >= 0.6 is 0 Å². The van der Waals surface area contributed by atoms with Crippen LogP contribution in [-0.4, -0.2) is 44.0 Å². The van der Waals surface area contributed by atoms with E-state index in [4.69, 9.17) is 9.47 Å². The molecule has 0 saturated carbocycles. The third-order valence-corrected chi connectivity index (χ3v) is 5.58. The minimum atomic E-state index is -3.66. The molecule has 0 heterocycles. The SMILES string of the molecule is CC(C)NS(=O)(=O)c1ccc(NC(=O)C(C)OC(=O)COc2ccccc2[N+](=O)[O-])cc1. The van der Waals surface area contributed by atoms with Gasteiger partial charge in [-0.05, 0) is 51.1 Å². The number of para-hydroxylation sites is 2. The van der Waals surface area contributed by atoms with E-state index < -0.39 is 39.5 Å². The molecule has 1 atom stereocenters. The molecule has 0 aliphatic heterocycles. The van der Waals surface area contributed by atoms with E-state index in [2.05, 4.69) is 10.0 Å². The molecule has 0 fully saturated rings. The Bertz CT molecular complexity index is 1080. The lowest BCUT2D eigenvalue weighted by Gasteiger charge is -2.14. The van der Waals surface area contributed by atoms with E-state index in [9.17, 15) is 28.1 Å². The standard InChI is InChI=1S/C20H23N3O8S/c1-13(2)22-32(28,29)16-10-8-15(9-11-16)21-20(25)14(3)31-19(24)12-30-18-7-5-4-6-17(18)23(26)27/h4-11,13-14,22H,12H2,1-3H3,(H,21,25). The molecular weight excluding hydrogens is 442 g/mol. The molecule has 0 aliphatic rings. The summed E-state index contributed by atoms with van der Waals surface area (Å²) in [6.45, 7) is 4.10. The van der Waals surface area contributed by atoms with Gasteiger partial charge in [-0.3, -0.25) is 14.9 Å². The number of anilines is 1. The number of carbonyl (C=O) groups is 2. The van der Waals surface area contributed by atoms with Gasteiger partial charge in [0.05, 0.1) is 9.82 Å². The molecule has 2 N–H and O–H groups in total. The average Bonchev–Trinajstić information content (AvgIpc) is 2.71. The molecule has 1 amide bonds. The third-order valence-electron chi connectivity index (χ3n) is 3.91. The van der Waals surface area contributed by atoms with Crippen molar-refractivity contribution in [2.75, 3.05) is 11.9 Å². The van der Waals surface area contributed by atoms with Crippen molar-refractivity contribution >= 4 is 33.3 Å². The largest absolute Gasteiger partial charge is 0.475 e. The number of nitro benzene ring substituents is 1. The summed E-state index contributed by atoms with van der Waals surface area (Å²) in [6, 6.07) is 10.7. The molecule has 0 bridgehead atoms. The van der Waals surface area contributed by atoms with Crippen LogP contribution in [0, 0.1) is 10.1 Å². The van der Waals surface area contributed by atoms with E-state index in [0.29, 0.717) is 5.69 Å². The summed E-state index contributed by atoms with van der Waals surface area (Å²) in [7, 11) is -3.66. The summed E-state index contributed by atoms with van der Waals surface area (Å²) in [5.74, 6) is -1.65. The first-order chi connectivity index (χ1) is 15.0. The van der Waals surface area contributed by atoms with Crippen LogP contribution in [0.3, 0.4) is 0 Å². The maximum atomic E-state index is 12.2. The van der Waals surface area contributed by atoms with Crippen molar-refractivity contribution < 1.29 is 32.4 Å². The van der Waals surface area contributed by atoms with Gasteiger partial charge in [0.25, 0.3) is 5.91 Å². The van der Waals surface area contributed by atoms with Gasteiger partial charge in [-0.15, -0.1) is 0 Å². The minimum Gasteiger partial charge on any atom is -0.475 e. The van der Waals surface area contributed by atoms with Crippen molar-refractivity contribution in [3.63, 3.8) is 0 Å². The van der Waals surface area contributed by atoms with Crippen LogP contribution in [0.2, 0.25) is 0 Å². The molecule has 2 rings (SSSR count). The predicted molar refractivity (Wildman–Crippen MR) is 115 cm³/mol. The van der Waals surface area contributed by atoms with E-state index in [0.717, 1.165) is 0 Å². The molecule has 2 aromatic rings. The van der Waals surface area contributed by atoms with Crippen molar-refractivity contribution in [3.8, 4) is 5.75 Å². The number of benzene rings is 2. The number of carbonyl (C=O) groups excluding carboxylic acids is 2. The van der Waals surface area contributed by atoms with E-state index >= 15 is 0 Å². The number of nitro groups is 1. The second-order valence-corrected chi connectivity index (χ2v) is 8.65. The number of rotatable bonds is 10. The molecule has 12 heteroatoms. The van der Waals surface area contributed by atoms with Crippen molar-refractivity contribution in [3.05, 3.63) is 58.6 Å². The van der Waals surface area contributed by atoms with E-state index in [1.54, 1.807) is 13.8 Å². The number of ether oxygens (including phenoxy) is 2. The predicted octanol–water partition coefficient (Wildman–Crippen LogP) is 2.23. The molecule has 0 aliphatic carbocycles. The number of sulfonamides is 1. The smallest absolute Gasteiger partial charge is 0.344 e. The van der Waals surface area contributed by atoms with Crippen LogP contribution in [-0.2, 0) is 24.3 Å². The summed E-state index contributed by atoms with van der Waals surface area (Å²) in [6.07, 6.45) is -1.19. The van der Waals surface area contributed by atoms with Crippen molar-refractivity contribution in [2.45, 2.75) is 37.8 Å². The molecule has 32 heavy (non-hydrogen) atoms. The molecule has 2 aromatic carbocycles. The van der Waals surface area contributed by atoms with E-state index in [1.165, 1.54) is 55.5 Å². The molecule has 0 spiro atoms. The zero-order valence-corrected chi connectivity index (χ0v) is 18.4. The van der Waals surface area contributed by atoms with Crippen LogP contribution in [0.1, 0.15) is 20.8 Å². The van der Waals surface area contributed by atoms with Gasteiger partial charge in [-0.2, -0.15) is 0 Å². The quantitative estimate of drug-likeness (QED) is 0.308. The van der Waals surface area contributed by atoms with Gasteiger partial charge in [0.15, 0.2) is 18.5 Å².